The van der Waals surface area contributed by atoms with E-state index in [0.717, 1.165) is 16.7 Å². The highest BCUT2D eigenvalue weighted by Crippen LogP contribution is 2.20. The van der Waals surface area contributed by atoms with Crippen LogP contribution in [-0.2, 0) is 11.2 Å². The predicted molar refractivity (Wildman–Crippen MR) is 82.3 cm³/mol. The summed E-state index contributed by atoms with van der Waals surface area (Å²) in [5, 5.41) is 2.60. The van der Waals surface area contributed by atoms with Crippen LogP contribution < -0.4 is 5.32 Å². The highest BCUT2D eigenvalue weighted by atomic mass is 79.9. The van der Waals surface area contributed by atoms with Crippen LogP contribution in [0.4, 0.5) is 10.1 Å². The first-order chi connectivity index (χ1) is 9.45. The van der Waals surface area contributed by atoms with Gasteiger partial charge in [-0.05, 0) is 43.2 Å². The minimum atomic E-state index is -0.450. The van der Waals surface area contributed by atoms with Gasteiger partial charge < -0.3 is 5.32 Å². The van der Waals surface area contributed by atoms with Crippen molar-refractivity contribution in [3.05, 3.63) is 63.4 Å². The molecule has 0 aliphatic rings. The van der Waals surface area contributed by atoms with Crippen molar-refractivity contribution in [2.45, 2.75) is 20.3 Å². The van der Waals surface area contributed by atoms with Crippen LogP contribution in [0.1, 0.15) is 16.7 Å². The van der Waals surface area contributed by atoms with Crippen LogP contribution in [0.5, 0.6) is 0 Å². The highest BCUT2D eigenvalue weighted by Gasteiger charge is 2.09. The molecule has 2 aromatic carbocycles. The number of carbonyl (C=O) groups is 1. The van der Waals surface area contributed by atoms with E-state index in [0.29, 0.717) is 4.47 Å². The van der Waals surface area contributed by atoms with Gasteiger partial charge in [0.05, 0.1) is 12.1 Å². The molecule has 0 spiro atoms. The Kier molecular flexibility index (Phi) is 4.55. The lowest BCUT2D eigenvalue weighted by Crippen LogP contribution is -2.16. The molecule has 1 N–H and O–H groups in total. The van der Waals surface area contributed by atoms with Gasteiger partial charge in [0.1, 0.15) is 5.82 Å². The van der Waals surface area contributed by atoms with E-state index < -0.39 is 5.82 Å². The zero-order valence-electron chi connectivity index (χ0n) is 11.3. The van der Waals surface area contributed by atoms with Crippen molar-refractivity contribution in [1.29, 1.82) is 0 Å². The highest BCUT2D eigenvalue weighted by molar-refractivity contribution is 9.10. The van der Waals surface area contributed by atoms with Gasteiger partial charge in [-0.1, -0.05) is 39.7 Å². The Labute approximate surface area is 126 Å². The van der Waals surface area contributed by atoms with Gasteiger partial charge in [-0.2, -0.15) is 0 Å². The van der Waals surface area contributed by atoms with Gasteiger partial charge in [-0.25, -0.2) is 4.39 Å². The topological polar surface area (TPSA) is 29.1 Å². The van der Waals surface area contributed by atoms with E-state index in [1.807, 2.05) is 32.0 Å². The molecule has 1 amide bonds. The van der Waals surface area contributed by atoms with Gasteiger partial charge >= 0.3 is 0 Å². The molecule has 4 heteroatoms. The van der Waals surface area contributed by atoms with E-state index in [1.54, 1.807) is 12.1 Å². The molecule has 0 aliphatic carbocycles. The van der Waals surface area contributed by atoms with Crippen LogP contribution in [0.25, 0.3) is 0 Å². The van der Waals surface area contributed by atoms with Crippen LogP contribution in [0.3, 0.4) is 0 Å². The fourth-order valence-electron chi connectivity index (χ4n) is 1.95. The van der Waals surface area contributed by atoms with Crippen molar-refractivity contribution in [3.8, 4) is 0 Å². The minimum Gasteiger partial charge on any atom is -0.323 e. The van der Waals surface area contributed by atoms with Crippen molar-refractivity contribution < 1.29 is 9.18 Å². The van der Waals surface area contributed by atoms with Crippen LogP contribution in [-0.4, -0.2) is 5.91 Å². The van der Waals surface area contributed by atoms with Gasteiger partial charge in [0.25, 0.3) is 0 Å². The Morgan fingerprint density at radius 2 is 1.95 bits per heavy atom. The summed E-state index contributed by atoms with van der Waals surface area (Å²) in [6.45, 7) is 3.94. The summed E-state index contributed by atoms with van der Waals surface area (Å²) in [5.41, 5.74) is 3.32. The Hall–Kier alpha value is -1.68. The van der Waals surface area contributed by atoms with Crippen molar-refractivity contribution in [2.75, 3.05) is 5.32 Å². The fourth-order valence-corrected chi connectivity index (χ4v) is 2.28. The van der Waals surface area contributed by atoms with Crippen LogP contribution in [0.2, 0.25) is 0 Å². The Balaban J connectivity index is 2.11. The number of aryl methyl sites for hydroxylation is 2. The fraction of sp³-hybridized carbons (Fsp3) is 0.188. The number of benzene rings is 2. The SMILES string of the molecule is Cc1ccc(C)c(CC(=O)Nc2ccc(Br)cc2F)c1. The molecular weight excluding hydrogens is 321 g/mol. The summed E-state index contributed by atoms with van der Waals surface area (Å²) in [4.78, 5) is 12.0. The molecular formula is C16H15BrFNO. The molecule has 20 heavy (non-hydrogen) atoms. The summed E-state index contributed by atoms with van der Waals surface area (Å²) in [5.74, 6) is -0.673. The van der Waals surface area contributed by atoms with E-state index in [1.165, 1.54) is 6.07 Å². The third kappa shape index (κ3) is 3.67. The Morgan fingerprint density at radius 3 is 2.65 bits per heavy atom. The Morgan fingerprint density at radius 1 is 1.20 bits per heavy atom. The number of carbonyl (C=O) groups excluding carboxylic acids is 1. The molecule has 0 unspecified atom stereocenters. The van der Waals surface area contributed by atoms with Gasteiger partial charge in [0.15, 0.2) is 0 Å². The summed E-state index contributed by atoms with van der Waals surface area (Å²) >= 11 is 3.18. The standard InChI is InChI=1S/C16H15BrFNO/c1-10-3-4-11(2)12(7-10)8-16(20)19-15-6-5-13(17)9-14(15)18/h3-7,9H,8H2,1-2H3,(H,19,20). The number of nitrogens with one attached hydrogen (secondary N) is 1. The van der Waals surface area contributed by atoms with Crippen LogP contribution in [0, 0.1) is 19.7 Å². The second kappa shape index (κ2) is 6.18. The van der Waals surface area contributed by atoms with Gasteiger partial charge in [-0.15, -0.1) is 0 Å². The lowest BCUT2D eigenvalue weighted by Gasteiger charge is -2.09. The summed E-state index contributed by atoms with van der Waals surface area (Å²) in [7, 11) is 0. The molecule has 0 aliphatic heterocycles. The predicted octanol–water partition coefficient (Wildman–Crippen LogP) is 4.39. The third-order valence-corrected chi connectivity index (χ3v) is 3.55. The smallest absolute Gasteiger partial charge is 0.228 e. The molecule has 2 aromatic rings. The summed E-state index contributed by atoms with van der Waals surface area (Å²) in [6, 6.07) is 10.5. The zero-order chi connectivity index (χ0) is 14.7. The maximum Gasteiger partial charge on any atom is 0.228 e. The molecule has 0 saturated carbocycles. The first-order valence-electron chi connectivity index (χ1n) is 6.27. The van der Waals surface area contributed by atoms with Gasteiger partial charge in [0.2, 0.25) is 5.91 Å². The first kappa shape index (κ1) is 14.7. The lowest BCUT2D eigenvalue weighted by molar-refractivity contribution is -0.115. The van der Waals surface area contributed by atoms with E-state index in [4.69, 9.17) is 0 Å². The van der Waals surface area contributed by atoms with Crippen molar-refractivity contribution >= 4 is 27.5 Å². The minimum absolute atomic E-state index is 0.198. The quantitative estimate of drug-likeness (QED) is 0.885. The maximum absolute atomic E-state index is 13.6. The average Bonchev–Trinajstić information content (AvgIpc) is 2.37. The first-order valence-corrected chi connectivity index (χ1v) is 7.06. The molecule has 0 atom stereocenters. The second-order valence-corrected chi connectivity index (χ2v) is 5.69. The van der Waals surface area contributed by atoms with E-state index >= 15 is 0 Å². The van der Waals surface area contributed by atoms with Crippen molar-refractivity contribution in [2.24, 2.45) is 0 Å². The van der Waals surface area contributed by atoms with Gasteiger partial charge in [0, 0.05) is 4.47 Å². The molecule has 0 fully saturated rings. The molecule has 0 bridgehead atoms. The summed E-state index contributed by atoms with van der Waals surface area (Å²) < 4.78 is 14.3. The third-order valence-electron chi connectivity index (χ3n) is 3.06. The van der Waals surface area contributed by atoms with E-state index in [9.17, 15) is 9.18 Å². The van der Waals surface area contributed by atoms with Crippen molar-refractivity contribution in [1.82, 2.24) is 0 Å². The molecule has 2 rings (SSSR count). The monoisotopic (exact) mass is 335 g/mol. The second-order valence-electron chi connectivity index (χ2n) is 4.78. The van der Waals surface area contributed by atoms with Crippen LogP contribution >= 0.6 is 15.9 Å². The molecule has 0 radical (unpaired) electrons. The number of rotatable bonds is 3. The molecule has 2 nitrogen and oxygen atoms in total. The number of halogens is 2. The average molecular weight is 336 g/mol. The van der Waals surface area contributed by atoms with Crippen LogP contribution in [0.15, 0.2) is 40.9 Å². The number of anilines is 1. The molecule has 0 aromatic heterocycles. The number of hydrogen-bond acceptors (Lipinski definition) is 1. The number of hydrogen-bond donors (Lipinski definition) is 1. The van der Waals surface area contributed by atoms with Gasteiger partial charge in [-0.3, -0.25) is 4.79 Å². The normalized spacial score (nSPS) is 10.4. The van der Waals surface area contributed by atoms with Crippen molar-refractivity contribution in [3.63, 3.8) is 0 Å². The Bertz CT molecular complexity index is 655. The number of amides is 1. The molecule has 104 valence electrons. The van der Waals surface area contributed by atoms with E-state index in [-0.39, 0.29) is 18.0 Å². The maximum atomic E-state index is 13.6. The zero-order valence-corrected chi connectivity index (χ0v) is 12.9. The molecule has 0 saturated heterocycles. The lowest BCUT2D eigenvalue weighted by atomic mass is 10.0. The molecule has 0 heterocycles. The van der Waals surface area contributed by atoms with E-state index in [2.05, 4.69) is 21.2 Å². The largest absolute Gasteiger partial charge is 0.323 e. The summed E-state index contributed by atoms with van der Waals surface area (Å²) in [6.07, 6.45) is 0.239.